The Morgan fingerprint density at radius 2 is 2.28 bits per heavy atom. The van der Waals surface area contributed by atoms with Crippen LogP contribution in [0.5, 0.6) is 5.88 Å². The number of rotatable bonds is 6. The summed E-state index contributed by atoms with van der Waals surface area (Å²) >= 11 is 1.66. The molecule has 0 radical (unpaired) electrons. The van der Waals surface area contributed by atoms with E-state index in [1.54, 1.807) is 11.3 Å². The Labute approximate surface area is 111 Å². The molecule has 0 bridgehead atoms. The second kappa shape index (κ2) is 6.35. The monoisotopic (exact) mass is 263 g/mol. The number of ether oxygens (including phenoxy) is 1. The van der Waals surface area contributed by atoms with Gasteiger partial charge in [-0.1, -0.05) is 13.0 Å². The van der Waals surface area contributed by atoms with Gasteiger partial charge in [0.1, 0.15) is 10.8 Å². The molecule has 2 aromatic rings. The first kappa shape index (κ1) is 12.8. The van der Waals surface area contributed by atoms with Crippen molar-refractivity contribution < 1.29 is 4.74 Å². The Morgan fingerprint density at radius 1 is 1.39 bits per heavy atom. The molecular formula is C13H17N3OS. The number of thiazole rings is 1. The van der Waals surface area contributed by atoms with Crippen LogP contribution in [-0.2, 0) is 0 Å². The van der Waals surface area contributed by atoms with Crippen LogP contribution in [0.25, 0.3) is 0 Å². The molecule has 0 aliphatic heterocycles. The highest BCUT2D eigenvalue weighted by Gasteiger charge is 2.12. The summed E-state index contributed by atoms with van der Waals surface area (Å²) in [5, 5.41) is 6.46. The molecule has 4 nitrogen and oxygen atoms in total. The van der Waals surface area contributed by atoms with Crippen LogP contribution in [0.4, 0.5) is 5.82 Å². The minimum Gasteiger partial charge on any atom is -0.478 e. The second-order valence-corrected chi connectivity index (χ2v) is 4.70. The first-order valence-corrected chi connectivity index (χ1v) is 6.97. The number of pyridine rings is 1. The predicted octanol–water partition coefficient (Wildman–Crippen LogP) is 3.50. The third-order valence-electron chi connectivity index (χ3n) is 2.50. The molecule has 0 saturated heterocycles. The highest BCUT2D eigenvalue weighted by atomic mass is 32.1. The maximum Gasteiger partial charge on any atom is 0.215 e. The Hall–Kier alpha value is -1.62. The van der Waals surface area contributed by atoms with Crippen molar-refractivity contribution >= 4 is 17.2 Å². The molecule has 0 spiro atoms. The van der Waals surface area contributed by atoms with E-state index in [2.05, 4.69) is 22.2 Å². The van der Waals surface area contributed by atoms with Gasteiger partial charge in [0.15, 0.2) is 0 Å². The molecule has 2 aromatic heterocycles. The first-order valence-electron chi connectivity index (χ1n) is 6.09. The Balaban J connectivity index is 2.09. The zero-order chi connectivity index (χ0) is 12.8. The van der Waals surface area contributed by atoms with Crippen LogP contribution in [0.2, 0.25) is 0 Å². The van der Waals surface area contributed by atoms with Crippen LogP contribution in [0.15, 0.2) is 29.8 Å². The van der Waals surface area contributed by atoms with Crippen molar-refractivity contribution in [3.05, 3.63) is 34.8 Å². The molecular weight excluding hydrogens is 246 g/mol. The van der Waals surface area contributed by atoms with Crippen LogP contribution >= 0.6 is 11.3 Å². The molecule has 1 atom stereocenters. The molecule has 0 fully saturated rings. The van der Waals surface area contributed by atoms with Crippen molar-refractivity contribution in [2.45, 2.75) is 26.3 Å². The quantitative estimate of drug-likeness (QED) is 0.866. The van der Waals surface area contributed by atoms with E-state index < -0.39 is 0 Å². The minimum atomic E-state index is 0.203. The number of anilines is 1. The van der Waals surface area contributed by atoms with Gasteiger partial charge >= 0.3 is 0 Å². The van der Waals surface area contributed by atoms with E-state index in [1.165, 1.54) is 0 Å². The Kier molecular flexibility index (Phi) is 4.52. The number of aromatic nitrogens is 2. The van der Waals surface area contributed by atoms with Crippen molar-refractivity contribution in [3.8, 4) is 5.88 Å². The molecule has 0 aliphatic carbocycles. The molecule has 0 aromatic carbocycles. The summed E-state index contributed by atoms with van der Waals surface area (Å²) in [6, 6.07) is 5.95. The number of hydrogen-bond donors (Lipinski definition) is 1. The van der Waals surface area contributed by atoms with Crippen molar-refractivity contribution in [1.82, 2.24) is 9.97 Å². The standard InChI is InChI=1S/C13H17N3OS/c1-3-10(13-14-8-9-18-13)15-11-6-5-7-12(16-11)17-4-2/h5-10H,3-4H2,1-2H3,(H,15,16). The summed E-state index contributed by atoms with van der Waals surface area (Å²) in [6.07, 6.45) is 2.79. The lowest BCUT2D eigenvalue weighted by Crippen LogP contribution is -2.10. The van der Waals surface area contributed by atoms with Crippen molar-refractivity contribution in [3.63, 3.8) is 0 Å². The van der Waals surface area contributed by atoms with Crippen molar-refractivity contribution in [1.29, 1.82) is 0 Å². The normalized spacial score (nSPS) is 12.1. The van der Waals surface area contributed by atoms with Crippen LogP contribution < -0.4 is 10.1 Å². The maximum atomic E-state index is 5.39. The van der Waals surface area contributed by atoms with Crippen LogP contribution in [-0.4, -0.2) is 16.6 Å². The lowest BCUT2D eigenvalue weighted by Gasteiger charge is -2.15. The van der Waals surface area contributed by atoms with Crippen LogP contribution in [0, 0.1) is 0 Å². The van der Waals surface area contributed by atoms with Gasteiger partial charge in [-0.25, -0.2) is 4.98 Å². The highest BCUT2D eigenvalue weighted by molar-refractivity contribution is 7.09. The predicted molar refractivity (Wildman–Crippen MR) is 74.2 cm³/mol. The molecule has 1 N–H and O–H groups in total. The number of hydrogen-bond acceptors (Lipinski definition) is 5. The summed E-state index contributed by atoms with van der Waals surface area (Å²) < 4.78 is 5.39. The number of nitrogens with zero attached hydrogens (tertiary/aromatic N) is 2. The van der Waals surface area contributed by atoms with E-state index in [0.29, 0.717) is 12.5 Å². The van der Waals surface area contributed by atoms with E-state index in [4.69, 9.17) is 4.74 Å². The average Bonchev–Trinajstić information content (AvgIpc) is 2.90. The van der Waals surface area contributed by atoms with Gasteiger partial charge in [0, 0.05) is 17.6 Å². The third-order valence-corrected chi connectivity index (χ3v) is 3.38. The van der Waals surface area contributed by atoms with Crippen molar-refractivity contribution in [2.75, 3.05) is 11.9 Å². The lowest BCUT2D eigenvalue weighted by atomic mass is 10.2. The lowest BCUT2D eigenvalue weighted by molar-refractivity contribution is 0.327. The van der Waals surface area contributed by atoms with Gasteiger partial charge in [-0.3, -0.25) is 0 Å². The van der Waals surface area contributed by atoms with E-state index >= 15 is 0 Å². The molecule has 2 heterocycles. The zero-order valence-corrected chi connectivity index (χ0v) is 11.4. The van der Waals surface area contributed by atoms with Crippen LogP contribution in [0.3, 0.4) is 0 Å². The fraction of sp³-hybridized carbons (Fsp3) is 0.385. The van der Waals surface area contributed by atoms with Gasteiger partial charge in [0.2, 0.25) is 5.88 Å². The summed E-state index contributed by atoms with van der Waals surface area (Å²) in [5.41, 5.74) is 0. The van der Waals surface area contributed by atoms with Crippen LogP contribution in [0.1, 0.15) is 31.3 Å². The van der Waals surface area contributed by atoms with E-state index in [0.717, 1.165) is 17.2 Å². The van der Waals surface area contributed by atoms with E-state index in [-0.39, 0.29) is 6.04 Å². The van der Waals surface area contributed by atoms with Gasteiger partial charge in [0.05, 0.1) is 12.6 Å². The summed E-state index contributed by atoms with van der Waals surface area (Å²) in [4.78, 5) is 8.74. The summed E-state index contributed by atoms with van der Waals surface area (Å²) in [6.45, 7) is 4.71. The Bertz CT molecular complexity index is 473. The van der Waals surface area contributed by atoms with E-state index in [9.17, 15) is 0 Å². The molecule has 1 unspecified atom stereocenters. The summed E-state index contributed by atoms with van der Waals surface area (Å²) in [5.74, 6) is 1.47. The fourth-order valence-corrected chi connectivity index (χ4v) is 2.42. The molecule has 5 heteroatoms. The Morgan fingerprint density at radius 3 is 2.94 bits per heavy atom. The average molecular weight is 263 g/mol. The van der Waals surface area contributed by atoms with Gasteiger partial charge < -0.3 is 10.1 Å². The van der Waals surface area contributed by atoms with E-state index in [1.807, 2.05) is 36.7 Å². The molecule has 2 rings (SSSR count). The van der Waals surface area contributed by atoms with Gasteiger partial charge in [-0.15, -0.1) is 11.3 Å². The van der Waals surface area contributed by atoms with Gasteiger partial charge in [-0.2, -0.15) is 4.98 Å². The zero-order valence-electron chi connectivity index (χ0n) is 10.6. The molecule has 0 saturated carbocycles. The molecule has 18 heavy (non-hydrogen) atoms. The summed E-state index contributed by atoms with van der Waals surface area (Å²) in [7, 11) is 0. The minimum absolute atomic E-state index is 0.203. The second-order valence-electron chi connectivity index (χ2n) is 3.77. The molecule has 0 amide bonds. The highest BCUT2D eigenvalue weighted by Crippen LogP contribution is 2.24. The largest absolute Gasteiger partial charge is 0.478 e. The third kappa shape index (κ3) is 3.20. The molecule has 96 valence electrons. The van der Waals surface area contributed by atoms with Crippen molar-refractivity contribution in [2.24, 2.45) is 0 Å². The SMILES string of the molecule is CCOc1cccc(NC(CC)c2nccs2)n1. The van der Waals surface area contributed by atoms with Gasteiger partial charge in [0.25, 0.3) is 0 Å². The first-order chi connectivity index (χ1) is 8.83. The number of nitrogens with one attached hydrogen (secondary N) is 1. The van der Waals surface area contributed by atoms with Gasteiger partial charge in [-0.05, 0) is 19.4 Å². The maximum absolute atomic E-state index is 5.39. The fourth-order valence-electron chi connectivity index (χ4n) is 1.65. The topological polar surface area (TPSA) is 47.0 Å². The smallest absolute Gasteiger partial charge is 0.215 e. The molecule has 0 aliphatic rings.